The molecule has 106 valence electrons. The number of nitrogens with zero attached hydrogens (tertiary/aromatic N) is 2. The first-order chi connectivity index (χ1) is 9.16. The third kappa shape index (κ3) is 2.32. The number of aliphatic hydroxyl groups excluding tert-OH is 1. The lowest BCUT2D eigenvalue weighted by molar-refractivity contribution is -0.0130. The molecule has 2 aliphatic rings. The first-order valence-electron chi connectivity index (χ1n) is 7.56. The molecule has 2 fully saturated rings. The molecule has 0 amide bonds. The monoisotopic (exact) mass is 263 g/mol. The molecule has 0 bridgehead atoms. The molecule has 1 aromatic heterocycles. The summed E-state index contributed by atoms with van der Waals surface area (Å²) < 4.78 is 2.17. The van der Waals surface area contributed by atoms with Crippen LogP contribution in [0.25, 0.3) is 0 Å². The second-order valence-corrected chi connectivity index (χ2v) is 6.61. The molecular weight excluding hydrogens is 238 g/mol. The molecule has 0 aliphatic heterocycles. The van der Waals surface area contributed by atoms with E-state index in [0.29, 0.717) is 12.6 Å². The molecule has 3 rings (SSSR count). The van der Waals surface area contributed by atoms with Crippen molar-refractivity contribution in [1.29, 1.82) is 0 Å². The van der Waals surface area contributed by atoms with Crippen molar-refractivity contribution in [2.24, 2.45) is 17.1 Å². The van der Waals surface area contributed by atoms with Crippen LogP contribution in [0.3, 0.4) is 0 Å². The Kier molecular flexibility index (Phi) is 3.39. The van der Waals surface area contributed by atoms with Gasteiger partial charge in [-0.15, -0.1) is 0 Å². The maximum atomic E-state index is 10.9. The number of hydrogen-bond donors (Lipinski definition) is 2. The van der Waals surface area contributed by atoms with Crippen LogP contribution in [0, 0.1) is 11.3 Å². The average molecular weight is 263 g/mol. The first-order valence-corrected chi connectivity index (χ1v) is 7.56. The summed E-state index contributed by atoms with van der Waals surface area (Å²) in [6.07, 6.45) is 10.1. The minimum Gasteiger partial charge on any atom is -0.386 e. The summed E-state index contributed by atoms with van der Waals surface area (Å²) in [7, 11) is 0. The topological polar surface area (TPSA) is 64.1 Å². The standard InChI is InChI=1S/C15H25N3O/c1-11-4-6-15(9-16,7-5-11)14(19)13-8-17-10-18(13)12-2-3-12/h8,10-12,14,19H,2-7,9,16H2,1H3. The Labute approximate surface area is 115 Å². The Bertz CT molecular complexity index is 430. The molecule has 1 aromatic rings. The molecule has 4 heteroatoms. The Balaban J connectivity index is 1.84. The van der Waals surface area contributed by atoms with Gasteiger partial charge in [0, 0.05) is 18.0 Å². The molecule has 0 aromatic carbocycles. The second kappa shape index (κ2) is 4.91. The number of aromatic nitrogens is 2. The lowest BCUT2D eigenvalue weighted by atomic mass is 9.67. The molecule has 0 spiro atoms. The van der Waals surface area contributed by atoms with Crippen molar-refractivity contribution in [3.63, 3.8) is 0 Å². The number of imidazole rings is 1. The van der Waals surface area contributed by atoms with E-state index >= 15 is 0 Å². The van der Waals surface area contributed by atoms with Gasteiger partial charge in [0.15, 0.2) is 0 Å². The molecule has 4 nitrogen and oxygen atoms in total. The minimum absolute atomic E-state index is 0.140. The van der Waals surface area contributed by atoms with Crippen molar-refractivity contribution in [3.05, 3.63) is 18.2 Å². The van der Waals surface area contributed by atoms with Crippen LogP contribution in [0.4, 0.5) is 0 Å². The predicted octanol–water partition coefficient (Wildman–Crippen LogP) is 2.41. The van der Waals surface area contributed by atoms with Crippen molar-refractivity contribution in [1.82, 2.24) is 9.55 Å². The summed E-state index contributed by atoms with van der Waals surface area (Å²) in [5.74, 6) is 0.764. The van der Waals surface area contributed by atoms with Gasteiger partial charge in [0.2, 0.25) is 0 Å². The summed E-state index contributed by atoms with van der Waals surface area (Å²) >= 11 is 0. The van der Waals surface area contributed by atoms with Gasteiger partial charge in [-0.25, -0.2) is 4.98 Å². The zero-order valence-electron chi connectivity index (χ0n) is 11.8. The van der Waals surface area contributed by atoms with Crippen LogP contribution in [0.1, 0.15) is 63.3 Å². The highest BCUT2D eigenvalue weighted by Crippen LogP contribution is 2.48. The van der Waals surface area contributed by atoms with Gasteiger partial charge < -0.3 is 15.4 Å². The summed E-state index contributed by atoms with van der Waals surface area (Å²) in [5.41, 5.74) is 6.88. The maximum Gasteiger partial charge on any atom is 0.102 e. The van der Waals surface area contributed by atoms with Gasteiger partial charge in [0.05, 0.1) is 18.2 Å². The first kappa shape index (κ1) is 13.1. The Morgan fingerprint density at radius 2 is 2.11 bits per heavy atom. The molecule has 19 heavy (non-hydrogen) atoms. The van der Waals surface area contributed by atoms with Gasteiger partial charge in [-0.2, -0.15) is 0 Å². The van der Waals surface area contributed by atoms with Gasteiger partial charge in [0.1, 0.15) is 6.10 Å². The van der Waals surface area contributed by atoms with Gasteiger partial charge in [-0.05, 0) is 31.6 Å². The van der Waals surface area contributed by atoms with Crippen LogP contribution in [-0.4, -0.2) is 21.2 Å². The highest BCUT2D eigenvalue weighted by atomic mass is 16.3. The smallest absolute Gasteiger partial charge is 0.102 e. The second-order valence-electron chi connectivity index (χ2n) is 6.61. The zero-order chi connectivity index (χ0) is 13.5. The average Bonchev–Trinajstić information content (AvgIpc) is 3.17. The largest absolute Gasteiger partial charge is 0.386 e. The van der Waals surface area contributed by atoms with Crippen molar-refractivity contribution in [2.75, 3.05) is 6.54 Å². The summed E-state index contributed by atoms with van der Waals surface area (Å²) in [6.45, 7) is 2.86. The van der Waals surface area contributed by atoms with E-state index in [-0.39, 0.29) is 5.41 Å². The summed E-state index contributed by atoms with van der Waals surface area (Å²) in [6, 6.07) is 0.560. The van der Waals surface area contributed by atoms with E-state index in [4.69, 9.17) is 5.73 Å². The lowest BCUT2D eigenvalue weighted by Gasteiger charge is -2.42. The minimum atomic E-state index is -0.465. The Morgan fingerprint density at radius 3 is 2.68 bits per heavy atom. The van der Waals surface area contributed by atoms with Gasteiger partial charge in [-0.3, -0.25) is 0 Å². The van der Waals surface area contributed by atoms with Crippen LogP contribution < -0.4 is 5.73 Å². The Morgan fingerprint density at radius 1 is 1.42 bits per heavy atom. The highest BCUT2D eigenvalue weighted by molar-refractivity contribution is 5.12. The fourth-order valence-corrected chi connectivity index (χ4v) is 3.42. The van der Waals surface area contributed by atoms with Gasteiger partial charge >= 0.3 is 0 Å². The van der Waals surface area contributed by atoms with Crippen molar-refractivity contribution < 1.29 is 5.11 Å². The number of hydrogen-bond acceptors (Lipinski definition) is 3. The van der Waals surface area contributed by atoms with E-state index in [1.807, 2.05) is 12.5 Å². The van der Waals surface area contributed by atoms with Crippen LogP contribution >= 0.6 is 0 Å². The van der Waals surface area contributed by atoms with E-state index in [1.54, 1.807) is 0 Å². The highest BCUT2D eigenvalue weighted by Gasteiger charge is 2.42. The van der Waals surface area contributed by atoms with E-state index in [9.17, 15) is 5.11 Å². The van der Waals surface area contributed by atoms with Gasteiger partial charge in [-0.1, -0.05) is 19.8 Å². The molecule has 2 aliphatic carbocycles. The predicted molar refractivity (Wildman–Crippen MR) is 74.6 cm³/mol. The fourth-order valence-electron chi connectivity index (χ4n) is 3.42. The van der Waals surface area contributed by atoms with Crippen LogP contribution in [-0.2, 0) is 0 Å². The molecule has 2 saturated carbocycles. The zero-order valence-corrected chi connectivity index (χ0v) is 11.8. The van der Waals surface area contributed by atoms with Crippen molar-refractivity contribution in [2.45, 2.75) is 57.6 Å². The third-order valence-electron chi connectivity index (χ3n) is 5.17. The Hall–Kier alpha value is -0.870. The normalized spacial score (nSPS) is 33.3. The van der Waals surface area contributed by atoms with Crippen LogP contribution in [0.15, 0.2) is 12.5 Å². The fraction of sp³-hybridized carbons (Fsp3) is 0.800. The SMILES string of the molecule is CC1CCC(CN)(C(O)c2cncn2C2CC2)CC1. The van der Waals surface area contributed by atoms with E-state index < -0.39 is 6.10 Å². The quantitative estimate of drug-likeness (QED) is 0.876. The maximum absolute atomic E-state index is 10.9. The van der Waals surface area contributed by atoms with Crippen molar-refractivity contribution >= 4 is 0 Å². The van der Waals surface area contributed by atoms with Crippen LogP contribution in [0.5, 0.6) is 0 Å². The van der Waals surface area contributed by atoms with Crippen molar-refractivity contribution in [3.8, 4) is 0 Å². The molecule has 0 radical (unpaired) electrons. The third-order valence-corrected chi connectivity index (χ3v) is 5.17. The molecule has 1 unspecified atom stereocenters. The molecular formula is C15H25N3O. The molecule has 1 heterocycles. The number of aliphatic hydroxyl groups is 1. The molecule has 1 atom stereocenters. The molecule has 0 saturated heterocycles. The number of nitrogens with two attached hydrogens (primary N) is 1. The summed E-state index contributed by atoms with van der Waals surface area (Å²) in [5, 5.41) is 10.9. The van der Waals surface area contributed by atoms with E-state index in [0.717, 1.165) is 24.5 Å². The lowest BCUT2D eigenvalue weighted by Crippen LogP contribution is -2.40. The van der Waals surface area contributed by atoms with Gasteiger partial charge in [0.25, 0.3) is 0 Å². The van der Waals surface area contributed by atoms with E-state index in [1.165, 1.54) is 25.7 Å². The number of rotatable bonds is 4. The van der Waals surface area contributed by atoms with E-state index in [2.05, 4.69) is 16.5 Å². The molecule has 3 N–H and O–H groups in total. The van der Waals surface area contributed by atoms with Crippen LogP contribution in [0.2, 0.25) is 0 Å². The summed E-state index contributed by atoms with van der Waals surface area (Å²) in [4.78, 5) is 4.24.